The Balaban J connectivity index is 1.89. The van der Waals surface area contributed by atoms with Crippen LogP contribution in [0.1, 0.15) is 38.5 Å². The number of hydrogen-bond acceptors (Lipinski definition) is 4. The standard InChI is InChI=1S/C17H28N2O2S/c1-13(2)14(3)18-17(20)12-19(10-15-6-4-8-21-15)11-16-7-5-9-22-16/h5,7,9,13-15H,4,6,8,10-12H2,1-3H3,(H,18,20). The van der Waals surface area contributed by atoms with Crippen LogP contribution in [0.3, 0.4) is 0 Å². The third kappa shape index (κ3) is 5.71. The van der Waals surface area contributed by atoms with E-state index in [1.54, 1.807) is 11.3 Å². The van der Waals surface area contributed by atoms with E-state index < -0.39 is 0 Å². The average molecular weight is 324 g/mol. The molecule has 1 aromatic rings. The zero-order chi connectivity index (χ0) is 15.9. The number of carbonyl (C=O) groups excluding carboxylic acids is 1. The predicted molar refractivity (Wildman–Crippen MR) is 91.0 cm³/mol. The summed E-state index contributed by atoms with van der Waals surface area (Å²) in [4.78, 5) is 15.8. The van der Waals surface area contributed by atoms with Gasteiger partial charge in [0.25, 0.3) is 0 Å². The molecule has 1 fully saturated rings. The number of amides is 1. The summed E-state index contributed by atoms with van der Waals surface area (Å²) in [6, 6.07) is 4.39. The largest absolute Gasteiger partial charge is 0.377 e. The Morgan fingerprint density at radius 2 is 2.32 bits per heavy atom. The summed E-state index contributed by atoms with van der Waals surface area (Å²) in [5, 5.41) is 5.18. The molecule has 5 heteroatoms. The molecule has 1 aromatic heterocycles. The highest BCUT2D eigenvalue weighted by atomic mass is 32.1. The van der Waals surface area contributed by atoms with Crippen LogP contribution in [0, 0.1) is 5.92 Å². The maximum atomic E-state index is 12.3. The molecule has 124 valence electrons. The van der Waals surface area contributed by atoms with Gasteiger partial charge in [-0.05, 0) is 37.1 Å². The number of rotatable bonds is 8. The molecule has 0 bridgehead atoms. The highest BCUT2D eigenvalue weighted by Crippen LogP contribution is 2.17. The van der Waals surface area contributed by atoms with E-state index in [2.05, 4.69) is 48.5 Å². The van der Waals surface area contributed by atoms with Crippen molar-refractivity contribution >= 4 is 17.2 Å². The molecular weight excluding hydrogens is 296 g/mol. The highest BCUT2D eigenvalue weighted by molar-refractivity contribution is 7.09. The summed E-state index contributed by atoms with van der Waals surface area (Å²) in [6.07, 6.45) is 2.51. The van der Waals surface area contributed by atoms with Crippen molar-refractivity contribution in [2.24, 2.45) is 5.92 Å². The van der Waals surface area contributed by atoms with Crippen molar-refractivity contribution in [1.82, 2.24) is 10.2 Å². The van der Waals surface area contributed by atoms with Gasteiger partial charge < -0.3 is 10.1 Å². The molecule has 1 amide bonds. The van der Waals surface area contributed by atoms with Crippen LogP contribution < -0.4 is 5.32 Å². The Bertz CT molecular complexity index is 442. The zero-order valence-corrected chi connectivity index (χ0v) is 14.7. The predicted octanol–water partition coefficient (Wildman–Crippen LogP) is 2.89. The van der Waals surface area contributed by atoms with E-state index in [9.17, 15) is 4.79 Å². The lowest BCUT2D eigenvalue weighted by atomic mass is 10.1. The Morgan fingerprint density at radius 1 is 1.50 bits per heavy atom. The minimum absolute atomic E-state index is 0.107. The van der Waals surface area contributed by atoms with E-state index >= 15 is 0 Å². The number of ether oxygens (including phenoxy) is 1. The van der Waals surface area contributed by atoms with Gasteiger partial charge in [-0.25, -0.2) is 0 Å². The second-order valence-corrected chi connectivity index (χ2v) is 7.52. The lowest BCUT2D eigenvalue weighted by Crippen LogP contribution is -2.44. The first-order chi connectivity index (χ1) is 10.5. The first-order valence-corrected chi connectivity index (χ1v) is 9.08. The summed E-state index contributed by atoms with van der Waals surface area (Å²) >= 11 is 1.74. The van der Waals surface area contributed by atoms with Crippen LogP contribution in [-0.4, -0.2) is 42.6 Å². The second kappa shape index (κ2) is 8.65. The van der Waals surface area contributed by atoms with E-state index in [4.69, 9.17) is 4.74 Å². The molecule has 2 rings (SSSR count). The zero-order valence-electron chi connectivity index (χ0n) is 13.9. The molecular formula is C17H28N2O2S. The fourth-order valence-corrected chi connectivity index (χ4v) is 3.30. The third-order valence-corrected chi connectivity index (χ3v) is 5.06. The maximum Gasteiger partial charge on any atom is 0.234 e. The van der Waals surface area contributed by atoms with E-state index in [1.165, 1.54) is 4.88 Å². The summed E-state index contributed by atoms with van der Waals surface area (Å²) in [5.41, 5.74) is 0. The minimum Gasteiger partial charge on any atom is -0.377 e. The van der Waals surface area contributed by atoms with Gasteiger partial charge in [0, 0.05) is 30.6 Å². The number of hydrogen-bond donors (Lipinski definition) is 1. The molecule has 4 nitrogen and oxygen atoms in total. The summed E-state index contributed by atoms with van der Waals surface area (Å²) < 4.78 is 5.73. The van der Waals surface area contributed by atoms with Gasteiger partial charge >= 0.3 is 0 Å². The van der Waals surface area contributed by atoms with Crippen LogP contribution in [0.25, 0.3) is 0 Å². The van der Waals surface area contributed by atoms with Gasteiger partial charge in [-0.3, -0.25) is 9.69 Å². The molecule has 0 aliphatic carbocycles. The summed E-state index contributed by atoms with van der Waals surface area (Å²) in [5.74, 6) is 0.559. The SMILES string of the molecule is CC(C)C(C)NC(=O)CN(Cc1cccs1)CC1CCCO1. The van der Waals surface area contributed by atoms with Gasteiger partial charge in [0.05, 0.1) is 12.6 Å². The number of nitrogens with zero attached hydrogens (tertiary/aromatic N) is 1. The Labute approximate surface area is 137 Å². The van der Waals surface area contributed by atoms with Crippen molar-refractivity contribution in [3.63, 3.8) is 0 Å². The van der Waals surface area contributed by atoms with Gasteiger partial charge in [-0.2, -0.15) is 0 Å². The lowest BCUT2D eigenvalue weighted by molar-refractivity contribution is -0.123. The Morgan fingerprint density at radius 3 is 2.91 bits per heavy atom. The first-order valence-electron chi connectivity index (χ1n) is 8.20. The average Bonchev–Trinajstić information content (AvgIpc) is 3.11. The van der Waals surface area contributed by atoms with Crippen molar-refractivity contribution in [3.05, 3.63) is 22.4 Å². The topological polar surface area (TPSA) is 41.6 Å². The van der Waals surface area contributed by atoms with E-state index in [1.807, 2.05) is 0 Å². The normalized spacial score (nSPS) is 19.8. The van der Waals surface area contributed by atoms with Gasteiger partial charge in [0.15, 0.2) is 0 Å². The van der Waals surface area contributed by atoms with Gasteiger partial charge in [-0.1, -0.05) is 19.9 Å². The molecule has 1 saturated heterocycles. The number of nitrogens with one attached hydrogen (secondary N) is 1. The second-order valence-electron chi connectivity index (χ2n) is 6.48. The van der Waals surface area contributed by atoms with Crippen LogP contribution in [0.4, 0.5) is 0 Å². The van der Waals surface area contributed by atoms with Crippen LogP contribution in [-0.2, 0) is 16.1 Å². The van der Waals surface area contributed by atoms with Crippen LogP contribution in [0.2, 0.25) is 0 Å². The highest BCUT2D eigenvalue weighted by Gasteiger charge is 2.22. The van der Waals surface area contributed by atoms with E-state index in [-0.39, 0.29) is 18.1 Å². The number of carbonyl (C=O) groups is 1. The fraction of sp³-hybridized carbons (Fsp3) is 0.706. The molecule has 0 spiro atoms. The van der Waals surface area contributed by atoms with E-state index in [0.29, 0.717) is 12.5 Å². The molecule has 0 saturated carbocycles. The lowest BCUT2D eigenvalue weighted by Gasteiger charge is -2.25. The van der Waals surface area contributed by atoms with Gasteiger partial charge in [0.2, 0.25) is 5.91 Å². The molecule has 2 atom stereocenters. The van der Waals surface area contributed by atoms with Crippen molar-refractivity contribution in [2.75, 3.05) is 19.7 Å². The maximum absolute atomic E-state index is 12.3. The summed E-state index contributed by atoms with van der Waals surface area (Å²) in [7, 11) is 0. The van der Waals surface area contributed by atoms with Crippen molar-refractivity contribution in [2.45, 2.75) is 52.3 Å². The molecule has 2 heterocycles. The van der Waals surface area contributed by atoms with Crippen molar-refractivity contribution < 1.29 is 9.53 Å². The number of thiophene rings is 1. The van der Waals surface area contributed by atoms with Crippen molar-refractivity contribution in [3.8, 4) is 0 Å². The molecule has 2 unspecified atom stereocenters. The van der Waals surface area contributed by atoms with Gasteiger partial charge in [-0.15, -0.1) is 11.3 Å². The molecule has 0 radical (unpaired) electrons. The van der Waals surface area contributed by atoms with Crippen molar-refractivity contribution in [1.29, 1.82) is 0 Å². The molecule has 1 aliphatic heterocycles. The van der Waals surface area contributed by atoms with Crippen LogP contribution in [0.15, 0.2) is 17.5 Å². The van der Waals surface area contributed by atoms with Crippen LogP contribution >= 0.6 is 11.3 Å². The molecule has 0 aromatic carbocycles. The molecule has 1 aliphatic rings. The monoisotopic (exact) mass is 324 g/mol. The Hall–Kier alpha value is -0.910. The molecule has 1 N–H and O–H groups in total. The van der Waals surface area contributed by atoms with Gasteiger partial charge in [0.1, 0.15) is 0 Å². The first kappa shape index (κ1) is 17.4. The molecule has 22 heavy (non-hydrogen) atoms. The minimum atomic E-state index is 0.107. The third-order valence-electron chi connectivity index (χ3n) is 4.20. The summed E-state index contributed by atoms with van der Waals surface area (Å²) in [6.45, 7) is 9.26. The Kier molecular flexibility index (Phi) is 6.86. The van der Waals surface area contributed by atoms with Crippen LogP contribution in [0.5, 0.6) is 0 Å². The quantitative estimate of drug-likeness (QED) is 0.799. The van der Waals surface area contributed by atoms with E-state index in [0.717, 1.165) is 32.5 Å². The smallest absolute Gasteiger partial charge is 0.234 e. The fourth-order valence-electron chi connectivity index (χ4n) is 2.55.